The third-order valence-corrected chi connectivity index (χ3v) is 2.62. The van der Waals surface area contributed by atoms with Crippen molar-refractivity contribution in [3.05, 3.63) is 17.8 Å². The van der Waals surface area contributed by atoms with Crippen LogP contribution in [0.4, 0.5) is 0 Å². The van der Waals surface area contributed by atoms with Crippen LogP contribution in [0.5, 0.6) is 5.88 Å². The average Bonchev–Trinajstić information content (AvgIpc) is 2.41. The number of hydrogen-bond acceptors (Lipinski definition) is 6. The van der Waals surface area contributed by atoms with E-state index in [2.05, 4.69) is 15.1 Å². The maximum atomic E-state index is 8.81. The number of aliphatic hydroxyl groups excluding tert-OH is 1. The molecule has 6 heteroatoms. The van der Waals surface area contributed by atoms with Crippen molar-refractivity contribution < 1.29 is 14.6 Å². The zero-order valence-corrected chi connectivity index (χ0v) is 9.71. The Balaban J connectivity index is 1.69. The molecule has 0 amide bonds. The zero-order valence-electron chi connectivity index (χ0n) is 9.71. The molecule has 94 valence electrons. The lowest BCUT2D eigenvalue weighted by Crippen LogP contribution is -2.38. The Hall–Kier alpha value is -1.24. The summed E-state index contributed by atoms with van der Waals surface area (Å²) in [6.07, 6.45) is 0. The van der Waals surface area contributed by atoms with Gasteiger partial charge in [0.2, 0.25) is 5.88 Å². The van der Waals surface area contributed by atoms with Gasteiger partial charge in [0.15, 0.2) is 0 Å². The first kappa shape index (κ1) is 12.2. The summed E-state index contributed by atoms with van der Waals surface area (Å²) < 4.78 is 10.7. The first-order valence-electron chi connectivity index (χ1n) is 5.75. The molecule has 1 aliphatic heterocycles. The average molecular weight is 239 g/mol. The second-order valence-corrected chi connectivity index (χ2v) is 3.82. The largest absolute Gasteiger partial charge is 0.475 e. The van der Waals surface area contributed by atoms with Crippen molar-refractivity contribution in [3.8, 4) is 5.88 Å². The van der Waals surface area contributed by atoms with E-state index in [1.54, 1.807) is 12.1 Å². The monoisotopic (exact) mass is 239 g/mol. The molecule has 1 N–H and O–H groups in total. The van der Waals surface area contributed by atoms with Gasteiger partial charge in [-0.2, -0.15) is 0 Å². The highest BCUT2D eigenvalue weighted by Crippen LogP contribution is 2.05. The van der Waals surface area contributed by atoms with Gasteiger partial charge in [-0.25, -0.2) is 0 Å². The third kappa shape index (κ3) is 3.92. The lowest BCUT2D eigenvalue weighted by molar-refractivity contribution is 0.0319. The number of nitrogens with zero attached hydrogens (tertiary/aromatic N) is 3. The van der Waals surface area contributed by atoms with Gasteiger partial charge in [-0.3, -0.25) is 4.90 Å². The summed E-state index contributed by atoms with van der Waals surface area (Å²) in [5.74, 6) is 0.496. The minimum absolute atomic E-state index is 0.0962. The lowest BCUT2D eigenvalue weighted by Gasteiger charge is -2.26. The molecule has 0 unspecified atom stereocenters. The van der Waals surface area contributed by atoms with Crippen LogP contribution in [0.1, 0.15) is 5.69 Å². The second kappa shape index (κ2) is 6.48. The molecule has 0 bridgehead atoms. The highest BCUT2D eigenvalue weighted by atomic mass is 16.5. The van der Waals surface area contributed by atoms with Crippen LogP contribution >= 0.6 is 0 Å². The summed E-state index contributed by atoms with van der Waals surface area (Å²) in [6.45, 7) is 4.87. The molecule has 2 heterocycles. The first-order chi connectivity index (χ1) is 8.38. The highest BCUT2D eigenvalue weighted by Gasteiger charge is 2.09. The van der Waals surface area contributed by atoms with Crippen LogP contribution in [0.3, 0.4) is 0 Å². The van der Waals surface area contributed by atoms with Crippen LogP contribution < -0.4 is 4.74 Å². The fourth-order valence-corrected chi connectivity index (χ4v) is 1.61. The molecular formula is C11H17N3O3. The molecule has 2 rings (SSSR count). The van der Waals surface area contributed by atoms with E-state index >= 15 is 0 Å². The molecule has 0 atom stereocenters. The number of ether oxygens (including phenoxy) is 2. The van der Waals surface area contributed by atoms with E-state index < -0.39 is 0 Å². The number of morpholine rings is 1. The quantitative estimate of drug-likeness (QED) is 0.759. The molecule has 1 aromatic heterocycles. The van der Waals surface area contributed by atoms with E-state index in [0.29, 0.717) is 18.2 Å². The topological polar surface area (TPSA) is 67.7 Å². The summed E-state index contributed by atoms with van der Waals surface area (Å²) in [6, 6.07) is 3.43. The fourth-order valence-electron chi connectivity index (χ4n) is 1.61. The SMILES string of the molecule is OCc1ccc(OCCN2CCOCC2)nn1. The molecule has 1 aliphatic rings. The maximum Gasteiger partial charge on any atom is 0.233 e. The zero-order chi connectivity index (χ0) is 11.9. The predicted molar refractivity (Wildman–Crippen MR) is 60.7 cm³/mol. The highest BCUT2D eigenvalue weighted by molar-refractivity contribution is 5.10. The summed E-state index contributed by atoms with van der Waals surface area (Å²) >= 11 is 0. The molecule has 1 saturated heterocycles. The summed E-state index contributed by atoms with van der Waals surface area (Å²) in [5.41, 5.74) is 0.547. The van der Waals surface area contributed by atoms with E-state index in [4.69, 9.17) is 14.6 Å². The van der Waals surface area contributed by atoms with Crippen LogP contribution in [0.15, 0.2) is 12.1 Å². The predicted octanol–water partition coefficient (Wildman–Crippen LogP) is -0.320. The summed E-state index contributed by atoms with van der Waals surface area (Å²) in [7, 11) is 0. The second-order valence-electron chi connectivity index (χ2n) is 3.82. The van der Waals surface area contributed by atoms with Crippen LogP contribution in [-0.4, -0.2) is 59.7 Å². The van der Waals surface area contributed by atoms with Crippen molar-refractivity contribution in [1.29, 1.82) is 0 Å². The molecule has 0 aromatic carbocycles. The minimum Gasteiger partial charge on any atom is -0.475 e. The molecule has 0 radical (unpaired) electrons. The third-order valence-electron chi connectivity index (χ3n) is 2.62. The molecule has 17 heavy (non-hydrogen) atoms. The van der Waals surface area contributed by atoms with E-state index in [-0.39, 0.29) is 6.61 Å². The van der Waals surface area contributed by atoms with Crippen LogP contribution in [0, 0.1) is 0 Å². The minimum atomic E-state index is -0.0962. The number of rotatable bonds is 5. The molecule has 0 saturated carbocycles. The Morgan fingerprint density at radius 2 is 2.12 bits per heavy atom. The number of aliphatic hydroxyl groups is 1. The van der Waals surface area contributed by atoms with Crippen molar-refractivity contribution in [1.82, 2.24) is 15.1 Å². The van der Waals surface area contributed by atoms with E-state index in [0.717, 1.165) is 32.8 Å². The molecule has 6 nitrogen and oxygen atoms in total. The van der Waals surface area contributed by atoms with Gasteiger partial charge < -0.3 is 14.6 Å². The Labute approximate surface area is 100 Å². The van der Waals surface area contributed by atoms with Crippen LogP contribution in [0.2, 0.25) is 0 Å². The fraction of sp³-hybridized carbons (Fsp3) is 0.636. The normalized spacial score (nSPS) is 17.0. The van der Waals surface area contributed by atoms with Crippen molar-refractivity contribution in [2.45, 2.75) is 6.61 Å². The van der Waals surface area contributed by atoms with Crippen molar-refractivity contribution in [3.63, 3.8) is 0 Å². The molecule has 0 aliphatic carbocycles. The first-order valence-corrected chi connectivity index (χ1v) is 5.75. The standard InChI is InChI=1S/C11H17N3O3/c15-9-10-1-2-11(13-12-10)17-8-5-14-3-6-16-7-4-14/h1-2,15H,3-9H2. The Bertz CT molecular complexity index is 325. The van der Waals surface area contributed by atoms with Crippen molar-refractivity contribution >= 4 is 0 Å². The number of aromatic nitrogens is 2. The van der Waals surface area contributed by atoms with E-state index in [1.165, 1.54) is 0 Å². The lowest BCUT2D eigenvalue weighted by atomic mass is 10.4. The Morgan fingerprint density at radius 3 is 2.76 bits per heavy atom. The molecule has 1 aromatic rings. The van der Waals surface area contributed by atoms with Gasteiger partial charge in [-0.15, -0.1) is 10.2 Å². The Morgan fingerprint density at radius 1 is 1.29 bits per heavy atom. The van der Waals surface area contributed by atoms with Gasteiger partial charge in [-0.1, -0.05) is 0 Å². The van der Waals surface area contributed by atoms with Crippen LogP contribution in [-0.2, 0) is 11.3 Å². The molecule has 0 spiro atoms. The molecule has 1 fully saturated rings. The smallest absolute Gasteiger partial charge is 0.233 e. The maximum absolute atomic E-state index is 8.81. The van der Waals surface area contributed by atoms with Gasteiger partial charge in [0.25, 0.3) is 0 Å². The van der Waals surface area contributed by atoms with Gasteiger partial charge >= 0.3 is 0 Å². The van der Waals surface area contributed by atoms with Crippen molar-refractivity contribution in [2.75, 3.05) is 39.5 Å². The van der Waals surface area contributed by atoms with E-state index in [1.807, 2.05) is 0 Å². The van der Waals surface area contributed by atoms with Gasteiger partial charge in [0.1, 0.15) is 6.61 Å². The van der Waals surface area contributed by atoms with Gasteiger partial charge in [0.05, 0.1) is 25.5 Å². The number of hydrogen-bond donors (Lipinski definition) is 1. The summed E-state index contributed by atoms with van der Waals surface area (Å²) in [5, 5.41) is 16.5. The van der Waals surface area contributed by atoms with E-state index in [9.17, 15) is 0 Å². The van der Waals surface area contributed by atoms with Crippen molar-refractivity contribution in [2.24, 2.45) is 0 Å². The van der Waals surface area contributed by atoms with Gasteiger partial charge in [0, 0.05) is 25.7 Å². The Kier molecular flexibility index (Phi) is 4.66. The molecular weight excluding hydrogens is 222 g/mol. The summed E-state index contributed by atoms with van der Waals surface area (Å²) in [4.78, 5) is 2.29. The van der Waals surface area contributed by atoms with Gasteiger partial charge in [-0.05, 0) is 6.07 Å². The van der Waals surface area contributed by atoms with Crippen LogP contribution in [0.25, 0.3) is 0 Å².